The Labute approximate surface area is 143 Å². The molecule has 6 nitrogen and oxygen atoms in total. The molecule has 0 aromatic heterocycles. The summed E-state index contributed by atoms with van der Waals surface area (Å²) in [6.45, 7) is 0. The van der Waals surface area contributed by atoms with Gasteiger partial charge in [-0.25, -0.2) is 4.79 Å². The number of nitrogens with one attached hydrogen (secondary N) is 1. The molecule has 126 valence electrons. The minimum atomic E-state index is -1.57. The maximum atomic E-state index is 12.0. The van der Waals surface area contributed by atoms with Crippen LogP contribution in [0.3, 0.4) is 0 Å². The summed E-state index contributed by atoms with van der Waals surface area (Å²) in [4.78, 5) is 33.9. The van der Waals surface area contributed by atoms with Crippen molar-refractivity contribution in [3.63, 3.8) is 0 Å². The third kappa shape index (κ3) is 5.47. The van der Waals surface area contributed by atoms with Crippen molar-refractivity contribution < 1.29 is 24.6 Å². The van der Waals surface area contributed by atoms with Crippen LogP contribution in [-0.2, 0) is 9.59 Å². The Balaban J connectivity index is 1.99. The second-order valence-corrected chi connectivity index (χ2v) is 5.01. The highest BCUT2D eigenvalue weighted by Gasteiger charge is 2.06. The van der Waals surface area contributed by atoms with Gasteiger partial charge in [0.2, 0.25) is 5.76 Å². The highest BCUT2D eigenvalue weighted by atomic mass is 16.4. The second-order valence-electron chi connectivity index (χ2n) is 5.01. The van der Waals surface area contributed by atoms with Gasteiger partial charge in [-0.05, 0) is 35.9 Å². The minimum Gasteiger partial charge on any atom is -0.502 e. The van der Waals surface area contributed by atoms with Gasteiger partial charge in [0.25, 0.3) is 5.91 Å². The first-order valence-electron chi connectivity index (χ1n) is 7.28. The number of carboxylic acid groups (broad SMARTS) is 1. The molecule has 25 heavy (non-hydrogen) atoms. The van der Waals surface area contributed by atoms with E-state index >= 15 is 0 Å². The monoisotopic (exact) mass is 337 g/mol. The molecule has 0 aliphatic heterocycles. The lowest BCUT2D eigenvalue weighted by Gasteiger charge is -2.05. The number of aliphatic carboxylic acids is 1. The van der Waals surface area contributed by atoms with Crippen molar-refractivity contribution in [2.45, 2.75) is 0 Å². The highest BCUT2D eigenvalue weighted by Crippen LogP contribution is 2.12. The fourth-order valence-corrected chi connectivity index (χ4v) is 1.89. The average molecular weight is 337 g/mol. The third-order valence-corrected chi connectivity index (χ3v) is 3.14. The smallest absolute Gasteiger partial charge is 0.371 e. The molecule has 2 aromatic rings. The maximum absolute atomic E-state index is 12.0. The molecule has 0 heterocycles. The van der Waals surface area contributed by atoms with Crippen molar-refractivity contribution in [3.05, 3.63) is 83.6 Å². The molecule has 0 saturated carbocycles. The van der Waals surface area contributed by atoms with E-state index in [0.29, 0.717) is 22.9 Å². The number of benzene rings is 2. The second kappa shape index (κ2) is 8.26. The molecule has 3 N–H and O–H groups in total. The van der Waals surface area contributed by atoms with Crippen molar-refractivity contribution in [2.75, 3.05) is 5.32 Å². The first-order chi connectivity index (χ1) is 12.0. The standard InChI is InChI=1S/C19H15NO5/c21-16(12-17(22)19(24)25)11-8-13-6-9-15(10-7-13)20-18(23)14-4-2-1-3-5-14/h1-12,22H,(H,20,23)(H,24,25)/b11-8+,17-12-. The normalized spacial score (nSPS) is 11.3. The number of carbonyl (C=O) groups excluding carboxylic acids is 2. The quantitative estimate of drug-likeness (QED) is 0.555. The first kappa shape index (κ1) is 17.7. The van der Waals surface area contributed by atoms with Crippen molar-refractivity contribution in [2.24, 2.45) is 0 Å². The third-order valence-electron chi connectivity index (χ3n) is 3.14. The van der Waals surface area contributed by atoms with Crippen molar-refractivity contribution in [3.8, 4) is 0 Å². The number of aliphatic hydroxyl groups is 1. The summed E-state index contributed by atoms with van der Waals surface area (Å²) in [6, 6.07) is 15.5. The van der Waals surface area contributed by atoms with Gasteiger partial charge in [-0.2, -0.15) is 0 Å². The molecule has 1 amide bonds. The Hall–Kier alpha value is -3.67. The van der Waals surface area contributed by atoms with Gasteiger partial charge >= 0.3 is 5.97 Å². The molecular formula is C19H15NO5. The number of carboxylic acids is 1. The number of ketones is 1. The summed E-state index contributed by atoms with van der Waals surface area (Å²) in [5, 5.41) is 20.2. The molecule has 0 radical (unpaired) electrons. The van der Waals surface area contributed by atoms with E-state index in [4.69, 9.17) is 10.2 Å². The summed E-state index contributed by atoms with van der Waals surface area (Å²) in [5.74, 6) is -3.47. The number of hydrogen-bond acceptors (Lipinski definition) is 4. The van der Waals surface area contributed by atoms with E-state index in [1.165, 1.54) is 6.08 Å². The van der Waals surface area contributed by atoms with Crippen LogP contribution in [0.2, 0.25) is 0 Å². The van der Waals surface area contributed by atoms with Gasteiger partial charge in [0, 0.05) is 17.3 Å². The molecule has 2 rings (SSSR count). The number of aliphatic hydroxyl groups excluding tert-OH is 1. The van der Waals surface area contributed by atoms with Gasteiger partial charge in [-0.15, -0.1) is 0 Å². The van der Waals surface area contributed by atoms with Crippen molar-refractivity contribution >= 4 is 29.4 Å². The molecule has 0 atom stereocenters. The van der Waals surface area contributed by atoms with Gasteiger partial charge in [0.15, 0.2) is 5.78 Å². The zero-order valence-corrected chi connectivity index (χ0v) is 13.0. The molecule has 6 heteroatoms. The predicted molar refractivity (Wildman–Crippen MR) is 93.2 cm³/mol. The number of allylic oxidation sites excluding steroid dienone is 2. The van der Waals surface area contributed by atoms with Crippen molar-refractivity contribution in [1.82, 2.24) is 0 Å². The van der Waals surface area contributed by atoms with Crippen LogP contribution < -0.4 is 5.32 Å². The van der Waals surface area contributed by atoms with E-state index in [2.05, 4.69) is 5.32 Å². The summed E-state index contributed by atoms with van der Waals surface area (Å²) in [5.41, 5.74) is 1.82. The Kier molecular flexibility index (Phi) is 5.84. The van der Waals surface area contributed by atoms with Crippen LogP contribution in [0.4, 0.5) is 5.69 Å². The number of rotatable bonds is 6. The Bertz CT molecular complexity index is 836. The molecule has 0 spiro atoms. The molecular weight excluding hydrogens is 322 g/mol. The van der Waals surface area contributed by atoms with Gasteiger partial charge in [-0.3, -0.25) is 9.59 Å². The minimum absolute atomic E-state index is 0.228. The van der Waals surface area contributed by atoms with Crippen LogP contribution in [0.5, 0.6) is 0 Å². The summed E-state index contributed by atoms with van der Waals surface area (Å²) >= 11 is 0. The largest absolute Gasteiger partial charge is 0.502 e. The molecule has 0 aliphatic carbocycles. The average Bonchev–Trinajstić information content (AvgIpc) is 2.61. The van der Waals surface area contributed by atoms with E-state index < -0.39 is 17.5 Å². The number of carbonyl (C=O) groups is 3. The van der Waals surface area contributed by atoms with E-state index in [1.54, 1.807) is 48.5 Å². The van der Waals surface area contributed by atoms with Crippen LogP contribution in [0.1, 0.15) is 15.9 Å². The van der Waals surface area contributed by atoms with Gasteiger partial charge in [0.05, 0.1) is 0 Å². The van der Waals surface area contributed by atoms with Crippen molar-refractivity contribution in [1.29, 1.82) is 0 Å². The Morgan fingerprint density at radius 2 is 1.52 bits per heavy atom. The lowest BCUT2D eigenvalue weighted by atomic mass is 10.1. The van der Waals surface area contributed by atoms with Crippen LogP contribution in [0.15, 0.2) is 72.5 Å². The lowest BCUT2D eigenvalue weighted by Crippen LogP contribution is -2.11. The fourth-order valence-electron chi connectivity index (χ4n) is 1.89. The SMILES string of the molecule is O=C(/C=C(\O)C(=O)O)/C=C/c1ccc(NC(=O)c2ccccc2)cc1. The maximum Gasteiger partial charge on any atom is 0.371 e. The first-order valence-corrected chi connectivity index (χ1v) is 7.28. The molecule has 0 aliphatic rings. The molecule has 0 fully saturated rings. The van der Waals surface area contributed by atoms with Crippen LogP contribution in [0.25, 0.3) is 6.08 Å². The molecule has 0 saturated heterocycles. The van der Waals surface area contributed by atoms with Gasteiger partial charge in [-0.1, -0.05) is 36.4 Å². The van der Waals surface area contributed by atoms with E-state index in [9.17, 15) is 14.4 Å². The molecule has 0 unspecified atom stereocenters. The zero-order chi connectivity index (χ0) is 18.2. The van der Waals surface area contributed by atoms with Crippen LogP contribution >= 0.6 is 0 Å². The molecule has 2 aromatic carbocycles. The van der Waals surface area contributed by atoms with E-state index in [-0.39, 0.29) is 5.91 Å². The summed E-state index contributed by atoms with van der Waals surface area (Å²) < 4.78 is 0. The fraction of sp³-hybridized carbons (Fsp3) is 0. The highest BCUT2D eigenvalue weighted by molar-refractivity contribution is 6.06. The van der Waals surface area contributed by atoms with Crippen LogP contribution in [-0.4, -0.2) is 27.9 Å². The zero-order valence-electron chi connectivity index (χ0n) is 13.0. The van der Waals surface area contributed by atoms with E-state index in [1.807, 2.05) is 6.07 Å². The topological polar surface area (TPSA) is 104 Å². The lowest BCUT2D eigenvalue weighted by molar-refractivity contribution is -0.135. The van der Waals surface area contributed by atoms with E-state index in [0.717, 1.165) is 6.08 Å². The summed E-state index contributed by atoms with van der Waals surface area (Å²) in [7, 11) is 0. The molecule has 0 bridgehead atoms. The van der Waals surface area contributed by atoms with Gasteiger partial charge in [0.1, 0.15) is 0 Å². The van der Waals surface area contributed by atoms with Crippen LogP contribution in [0, 0.1) is 0 Å². The number of anilines is 1. The Morgan fingerprint density at radius 1 is 0.880 bits per heavy atom. The summed E-state index contributed by atoms with van der Waals surface area (Å²) in [6.07, 6.45) is 3.22. The predicted octanol–water partition coefficient (Wildman–Crippen LogP) is 3.05. The number of hydrogen-bond donors (Lipinski definition) is 3. The number of amides is 1. The Morgan fingerprint density at radius 3 is 2.12 bits per heavy atom. The van der Waals surface area contributed by atoms with Gasteiger partial charge < -0.3 is 15.5 Å².